The molecular formula is C10H10ClNO2. The summed E-state index contributed by atoms with van der Waals surface area (Å²) in [6.07, 6.45) is 0.581. The van der Waals surface area contributed by atoms with Gasteiger partial charge in [0.1, 0.15) is 11.5 Å². The van der Waals surface area contributed by atoms with E-state index in [0.717, 1.165) is 0 Å². The zero-order valence-electron chi connectivity index (χ0n) is 7.79. The van der Waals surface area contributed by atoms with E-state index in [9.17, 15) is 4.79 Å². The minimum Gasteiger partial charge on any atom is -0.362 e. The molecule has 0 N–H and O–H groups in total. The summed E-state index contributed by atoms with van der Waals surface area (Å²) in [4.78, 5) is 11.9. The average molecular weight is 212 g/mol. The number of alkyl halides is 1. The predicted octanol–water partition coefficient (Wildman–Crippen LogP) is 1.25. The van der Waals surface area contributed by atoms with Crippen molar-refractivity contribution in [1.82, 2.24) is 0 Å². The van der Waals surface area contributed by atoms with Gasteiger partial charge in [0.05, 0.1) is 17.0 Å². The Bertz CT molecular complexity index is 377. The lowest BCUT2D eigenvalue weighted by molar-refractivity contribution is -0.151. The second-order valence-corrected chi connectivity index (χ2v) is 5.35. The van der Waals surface area contributed by atoms with Crippen LogP contribution in [0.5, 0.6) is 0 Å². The summed E-state index contributed by atoms with van der Waals surface area (Å²) in [6, 6.07) is 2.18. The molecule has 4 bridgehead atoms. The summed E-state index contributed by atoms with van der Waals surface area (Å²) in [5.74, 6) is 0.0812. The van der Waals surface area contributed by atoms with Crippen LogP contribution in [0.3, 0.4) is 0 Å². The third kappa shape index (κ3) is 0.687. The number of Topliss-reactive ketones (excluding diaryl/α,β-unsaturated/α-hetero) is 1. The number of carbonyl (C=O) groups excluding carboxylic acids is 1. The zero-order chi connectivity index (χ0) is 10.1. The standard InChI is InChI=1S/C10H10ClNO2/c1-9-3-10(4-12)2-5(9)6(11)7(14-9)8(10)13/h5-7H,2-3H2,1H3. The summed E-state index contributed by atoms with van der Waals surface area (Å²) in [6.45, 7) is 1.97. The number of ether oxygens (including phenoxy) is 1. The molecule has 0 radical (unpaired) electrons. The van der Waals surface area contributed by atoms with Crippen molar-refractivity contribution >= 4 is 17.4 Å². The predicted molar refractivity (Wildman–Crippen MR) is 48.7 cm³/mol. The third-order valence-electron chi connectivity index (χ3n) is 4.02. The van der Waals surface area contributed by atoms with Crippen molar-refractivity contribution in [2.24, 2.45) is 11.3 Å². The Kier molecular flexibility index (Phi) is 1.34. The molecule has 4 fully saturated rings. The summed E-state index contributed by atoms with van der Waals surface area (Å²) in [5.41, 5.74) is -1.12. The number of carbonyl (C=O) groups is 1. The SMILES string of the molecule is CC12CC3(C#N)CC1C(Cl)C(O2)C3=O. The Hall–Kier alpha value is -0.590. The number of nitriles is 1. The van der Waals surface area contributed by atoms with E-state index in [1.807, 2.05) is 6.92 Å². The highest BCUT2D eigenvalue weighted by atomic mass is 35.5. The molecule has 2 saturated heterocycles. The first-order valence-electron chi connectivity index (χ1n) is 4.80. The highest BCUT2D eigenvalue weighted by Crippen LogP contribution is 2.63. The molecule has 74 valence electrons. The van der Waals surface area contributed by atoms with Crippen LogP contribution in [0.15, 0.2) is 0 Å². The average Bonchev–Trinajstić information content (AvgIpc) is 2.52. The molecule has 5 atom stereocenters. The van der Waals surface area contributed by atoms with Gasteiger partial charge in [-0.15, -0.1) is 11.6 Å². The number of halogens is 1. The maximum Gasteiger partial charge on any atom is 0.183 e. The molecule has 0 aromatic rings. The van der Waals surface area contributed by atoms with Crippen LogP contribution in [0, 0.1) is 22.7 Å². The van der Waals surface area contributed by atoms with Crippen LogP contribution in [-0.4, -0.2) is 22.9 Å². The first kappa shape index (κ1) is 8.70. The molecule has 4 aliphatic rings. The molecule has 4 heteroatoms. The van der Waals surface area contributed by atoms with Crippen molar-refractivity contribution < 1.29 is 9.53 Å². The first-order chi connectivity index (χ1) is 6.52. The Morgan fingerprint density at radius 2 is 2.43 bits per heavy atom. The normalized spacial score (nSPS) is 59.2. The number of nitrogens with zero attached hydrogens (tertiary/aromatic N) is 1. The minimum absolute atomic E-state index is 0.0915. The van der Waals surface area contributed by atoms with E-state index in [2.05, 4.69) is 6.07 Å². The molecule has 0 spiro atoms. The molecule has 0 amide bonds. The van der Waals surface area contributed by atoms with Crippen molar-refractivity contribution in [3.63, 3.8) is 0 Å². The molecule has 4 rings (SSSR count). The molecule has 2 aliphatic heterocycles. The second kappa shape index (κ2) is 2.15. The molecule has 2 heterocycles. The summed E-state index contributed by atoms with van der Waals surface area (Å²) in [5, 5.41) is 8.88. The smallest absolute Gasteiger partial charge is 0.183 e. The van der Waals surface area contributed by atoms with Gasteiger partial charge in [-0.1, -0.05) is 0 Å². The van der Waals surface area contributed by atoms with Crippen LogP contribution < -0.4 is 0 Å². The number of hydrogen-bond donors (Lipinski definition) is 0. The van der Waals surface area contributed by atoms with E-state index in [0.29, 0.717) is 12.8 Å². The van der Waals surface area contributed by atoms with Gasteiger partial charge in [0.15, 0.2) is 5.78 Å². The Balaban J connectivity index is 2.15. The largest absolute Gasteiger partial charge is 0.362 e. The van der Waals surface area contributed by atoms with E-state index >= 15 is 0 Å². The fourth-order valence-corrected chi connectivity index (χ4v) is 3.86. The van der Waals surface area contributed by atoms with Gasteiger partial charge in [-0.3, -0.25) is 4.79 Å². The molecule has 3 nitrogen and oxygen atoms in total. The van der Waals surface area contributed by atoms with Crippen molar-refractivity contribution in [2.75, 3.05) is 0 Å². The lowest BCUT2D eigenvalue weighted by Crippen LogP contribution is -2.48. The van der Waals surface area contributed by atoms with Gasteiger partial charge in [-0.25, -0.2) is 0 Å². The topological polar surface area (TPSA) is 50.1 Å². The van der Waals surface area contributed by atoms with Gasteiger partial charge in [0.2, 0.25) is 0 Å². The highest BCUT2D eigenvalue weighted by molar-refractivity contribution is 6.24. The number of rotatable bonds is 0. The number of ketones is 1. The molecule has 0 aromatic carbocycles. The monoisotopic (exact) mass is 211 g/mol. The molecular weight excluding hydrogens is 202 g/mol. The summed E-state index contributed by atoms with van der Waals surface area (Å²) < 4.78 is 5.66. The van der Waals surface area contributed by atoms with Gasteiger partial charge < -0.3 is 4.74 Å². The van der Waals surface area contributed by atoms with Crippen LogP contribution in [-0.2, 0) is 9.53 Å². The van der Waals surface area contributed by atoms with Crippen molar-refractivity contribution in [2.45, 2.75) is 36.8 Å². The van der Waals surface area contributed by atoms with Crippen LogP contribution in [0.1, 0.15) is 19.8 Å². The summed E-state index contributed by atoms with van der Waals surface area (Å²) >= 11 is 6.15. The van der Waals surface area contributed by atoms with Crippen LogP contribution in [0.4, 0.5) is 0 Å². The molecule has 2 saturated carbocycles. The Morgan fingerprint density at radius 1 is 1.71 bits per heavy atom. The van der Waals surface area contributed by atoms with E-state index in [1.165, 1.54) is 0 Å². The van der Waals surface area contributed by atoms with Gasteiger partial charge in [-0.05, 0) is 13.3 Å². The fraction of sp³-hybridized carbons (Fsp3) is 0.800. The van der Waals surface area contributed by atoms with Gasteiger partial charge in [0.25, 0.3) is 0 Å². The van der Waals surface area contributed by atoms with Gasteiger partial charge >= 0.3 is 0 Å². The van der Waals surface area contributed by atoms with Crippen LogP contribution in [0.2, 0.25) is 0 Å². The maximum atomic E-state index is 11.9. The third-order valence-corrected chi connectivity index (χ3v) is 4.55. The maximum absolute atomic E-state index is 11.9. The van der Waals surface area contributed by atoms with Gasteiger partial charge in [-0.2, -0.15) is 5.26 Å². The van der Waals surface area contributed by atoms with E-state index < -0.39 is 11.5 Å². The lowest BCUT2D eigenvalue weighted by Gasteiger charge is -2.34. The molecule has 2 aliphatic carbocycles. The minimum atomic E-state index is -0.784. The van der Waals surface area contributed by atoms with E-state index in [1.54, 1.807) is 0 Å². The highest BCUT2D eigenvalue weighted by Gasteiger charge is 2.72. The van der Waals surface area contributed by atoms with Crippen molar-refractivity contribution in [1.29, 1.82) is 5.26 Å². The molecule has 0 aromatic heterocycles. The van der Waals surface area contributed by atoms with Crippen molar-refractivity contribution in [3.05, 3.63) is 0 Å². The van der Waals surface area contributed by atoms with E-state index in [4.69, 9.17) is 21.6 Å². The van der Waals surface area contributed by atoms with Crippen LogP contribution >= 0.6 is 11.6 Å². The number of hydrogen-bond acceptors (Lipinski definition) is 3. The van der Waals surface area contributed by atoms with Crippen LogP contribution in [0.25, 0.3) is 0 Å². The summed E-state index contributed by atoms with van der Waals surface area (Å²) in [7, 11) is 0. The van der Waals surface area contributed by atoms with E-state index in [-0.39, 0.29) is 22.7 Å². The second-order valence-electron chi connectivity index (χ2n) is 4.84. The van der Waals surface area contributed by atoms with Gasteiger partial charge in [0, 0.05) is 12.3 Å². The molecule has 14 heavy (non-hydrogen) atoms. The lowest BCUT2D eigenvalue weighted by atomic mass is 9.74. The Labute approximate surface area is 87.0 Å². The zero-order valence-corrected chi connectivity index (χ0v) is 8.54. The first-order valence-corrected chi connectivity index (χ1v) is 5.24. The fourth-order valence-electron chi connectivity index (χ4n) is 3.34. The quantitative estimate of drug-likeness (QED) is 0.567. The Morgan fingerprint density at radius 3 is 3.00 bits per heavy atom. The van der Waals surface area contributed by atoms with Crippen molar-refractivity contribution in [3.8, 4) is 6.07 Å². The molecule has 5 unspecified atom stereocenters.